The van der Waals surface area contributed by atoms with Gasteiger partial charge in [0.15, 0.2) is 0 Å². The largest absolute Gasteiger partial charge is 0.394 e. The van der Waals surface area contributed by atoms with E-state index >= 15 is 0 Å². The van der Waals surface area contributed by atoms with E-state index in [-0.39, 0.29) is 16.8 Å². The zero-order chi connectivity index (χ0) is 24.9. The molecule has 3 atom stereocenters. The van der Waals surface area contributed by atoms with Crippen LogP contribution in [0.2, 0.25) is 0 Å². The Kier molecular flexibility index (Phi) is 7.28. The van der Waals surface area contributed by atoms with Crippen LogP contribution < -0.4 is 5.32 Å². The molecular formula is C26H24F2N4O3. The average molecular weight is 478 g/mol. The third kappa shape index (κ3) is 5.26. The summed E-state index contributed by atoms with van der Waals surface area (Å²) >= 11 is 0. The summed E-state index contributed by atoms with van der Waals surface area (Å²) in [7, 11) is 0. The highest BCUT2D eigenvalue weighted by Crippen LogP contribution is 2.29. The Bertz CT molecular complexity index is 1300. The number of aliphatic hydroxyl groups excluding tert-OH is 2. The average Bonchev–Trinajstić information content (AvgIpc) is 3.36. The second kappa shape index (κ2) is 10.5. The number of nitrogens with zero attached hydrogens (tertiary/aromatic N) is 2. The molecule has 1 amide bonds. The van der Waals surface area contributed by atoms with Crippen LogP contribution in [0, 0.1) is 11.6 Å². The monoisotopic (exact) mass is 478 g/mol. The van der Waals surface area contributed by atoms with Crippen molar-refractivity contribution in [1.82, 2.24) is 20.5 Å². The summed E-state index contributed by atoms with van der Waals surface area (Å²) in [5.74, 6) is -2.13. The van der Waals surface area contributed by atoms with E-state index in [0.29, 0.717) is 17.0 Å². The van der Waals surface area contributed by atoms with Gasteiger partial charge in [-0.3, -0.25) is 14.9 Å². The first-order valence-electron chi connectivity index (χ1n) is 11.0. The molecule has 4 rings (SSSR count). The van der Waals surface area contributed by atoms with E-state index in [1.165, 1.54) is 30.3 Å². The van der Waals surface area contributed by atoms with Gasteiger partial charge < -0.3 is 15.5 Å². The molecule has 2 heterocycles. The number of aromatic amines is 1. The van der Waals surface area contributed by atoms with Crippen molar-refractivity contribution in [2.45, 2.75) is 25.0 Å². The minimum atomic E-state index is -1.27. The number of halogens is 2. The lowest BCUT2D eigenvalue weighted by Crippen LogP contribution is -2.48. The molecule has 4 aromatic rings. The van der Waals surface area contributed by atoms with Crippen molar-refractivity contribution >= 4 is 5.91 Å². The molecular weight excluding hydrogens is 454 g/mol. The zero-order valence-corrected chi connectivity index (χ0v) is 18.8. The van der Waals surface area contributed by atoms with E-state index in [4.69, 9.17) is 0 Å². The summed E-state index contributed by atoms with van der Waals surface area (Å²) in [6.07, 6.45) is 0.322. The predicted octanol–water partition coefficient (Wildman–Crippen LogP) is 3.67. The first-order valence-corrected chi connectivity index (χ1v) is 11.0. The van der Waals surface area contributed by atoms with Gasteiger partial charge in [0.1, 0.15) is 11.6 Å². The smallest absolute Gasteiger partial charge is 0.252 e. The lowest BCUT2D eigenvalue weighted by atomic mass is 9.92. The molecule has 7 nitrogen and oxygen atoms in total. The van der Waals surface area contributed by atoms with Crippen LogP contribution in [0.15, 0.2) is 72.9 Å². The minimum absolute atomic E-state index is 0.00594. The Labute approximate surface area is 200 Å². The molecule has 0 aliphatic rings. The van der Waals surface area contributed by atoms with E-state index in [0.717, 1.165) is 0 Å². The van der Waals surface area contributed by atoms with Crippen molar-refractivity contribution < 1.29 is 23.8 Å². The van der Waals surface area contributed by atoms with Gasteiger partial charge in [-0.05, 0) is 54.6 Å². The van der Waals surface area contributed by atoms with E-state index in [2.05, 4.69) is 20.5 Å². The van der Waals surface area contributed by atoms with Crippen LogP contribution in [0.1, 0.15) is 28.9 Å². The number of carbonyl (C=O) groups is 1. The minimum Gasteiger partial charge on any atom is -0.394 e. The maximum Gasteiger partial charge on any atom is 0.252 e. The molecule has 180 valence electrons. The van der Waals surface area contributed by atoms with E-state index < -0.39 is 42.2 Å². The van der Waals surface area contributed by atoms with E-state index in [1.807, 2.05) is 0 Å². The number of nitrogens with one attached hydrogen (secondary N) is 2. The maximum absolute atomic E-state index is 15.0. The zero-order valence-electron chi connectivity index (χ0n) is 18.8. The molecule has 0 aliphatic carbocycles. The second-order valence-electron chi connectivity index (χ2n) is 8.13. The first-order chi connectivity index (χ1) is 16.9. The molecule has 0 saturated heterocycles. The Morgan fingerprint density at radius 2 is 1.86 bits per heavy atom. The molecule has 0 bridgehead atoms. The summed E-state index contributed by atoms with van der Waals surface area (Å²) in [5, 5.41) is 29.7. The van der Waals surface area contributed by atoms with Crippen LogP contribution in [0.3, 0.4) is 0 Å². The highest BCUT2D eigenvalue weighted by atomic mass is 19.1. The topological polar surface area (TPSA) is 111 Å². The van der Waals surface area contributed by atoms with Crippen LogP contribution in [0.4, 0.5) is 8.78 Å². The fourth-order valence-corrected chi connectivity index (χ4v) is 3.93. The van der Waals surface area contributed by atoms with Crippen molar-refractivity contribution in [2.24, 2.45) is 0 Å². The fourth-order valence-electron chi connectivity index (χ4n) is 3.93. The Balaban J connectivity index is 1.66. The van der Waals surface area contributed by atoms with Gasteiger partial charge in [0.25, 0.3) is 5.91 Å². The number of pyridine rings is 1. The van der Waals surface area contributed by atoms with Gasteiger partial charge in [0.05, 0.1) is 35.7 Å². The van der Waals surface area contributed by atoms with E-state index in [1.54, 1.807) is 49.5 Å². The fraction of sp³-hybridized carbons (Fsp3) is 0.192. The van der Waals surface area contributed by atoms with Crippen molar-refractivity contribution in [2.75, 3.05) is 6.61 Å². The normalized spacial score (nSPS) is 13.7. The number of hydrogen-bond donors (Lipinski definition) is 4. The number of benzene rings is 2. The molecule has 0 fully saturated rings. The maximum atomic E-state index is 15.0. The SMILES string of the molecule is CC(c1ccccn1)[C@@H](NC(=O)c1cccc(F)c1-c1cc(-c2ccc(F)cc2)n[nH]1)[C@H](O)CO. The molecule has 9 heteroatoms. The molecule has 35 heavy (non-hydrogen) atoms. The van der Waals surface area contributed by atoms with Gasteiger partial charge in [-0.2, -0.15) is 5.10 Å². The molecule has 1 unspecified atom stereocenters. The number of amides is 1. The third-order valence-corrected chi connectivity index (χ3v) is 5.84. The summed E-state index contributed by atoms with van der Waals surface area (Å²) in [6, 6.07) is 15.7. The summed E-state index contributed by atoms with van der Waals surface area (Å²) < 4.78 is 28.2. The molecule has 0 saturated carbocycles. The van der Waals surface area contributed by atoms with Gasteiger partial charge in [0, 0.05) is 28.9 Å². The highest BCUT2D eigenvalue weighted by Gasteiger charge is 2.30. The number of rotatable bonds is 8. The van der Waals surface area contributed by atoms with Crippen LogP contribution in [-0.2, 0) is 0 Å². The lowest BCUT2D eigenvalue weighted by molar-refractivity contribution is 0.0504. The molecule has 2 aromatic heterocycles. The van der Waals surface area contributed by atoms with Crippen LogP contribution in [-0.4, -0.2) is 50.1 Å². The first kappa shape index (κ1) is 24.2. The standard InChI is InChI=1S/C26H24F2N4O3/c1-15(20-7-2-3-12-29-20)25(23(34)14-33)30-26(35)18-5-4-6-19(28)24(18)22-13-21(31-32-22)16-8-10-17(27)11-9-16/h2-13,15,23,25,33-34H,14H2,1H3,(H,30,35)(H,31,32)/t15?,23-,25-/m1/s1. The van der Waals surface area contributed by atoms with Crippen molar-refractivity contribution in [3.05, 3.63) is 95.8 Å². The summed E-state index contributed by atoms with van der Waals surface area (Å²) in [5.41, 5.74) is 1.95. The quantitative estimate of drug-likeness (QED) is 0.309. The van der Waals surface area contributed by atoms with Crippen LogP contribution in [0.25, 0.3) is 22.5 Å². The van der Waals surface area contributed by atoms with Gasteiger partial charge in [-0.25, -0.2) is 8.78 Å². The van der Waals surface area contributed by atoms with E-state index in [9.17, 15) is 23.8 Å². The van der Waals surface area contributed by atoms with Crippen LogP contribution in [0.5, 0.6) is 0 Å². The Morgan fingerprint density at radius 1 is 1.09 bits per heavy atom. The van der Waals surface area contributed by atoms with Gasteiger partial charge in [-0.15, -0.1) is 0 Å². The lowest BCUT2D eigenvalue weighted by Gasteiger charge is -2.28. The molecule has 4 N–H and O–H groups in total. The molecule has 0 radical (unpaired) electrons. The van der Waals surface area contributed by atoms with Gasteiger partial charge in [0.2, 0.25) is 0 Å². The molecule has 0 spiro atoms. The number of aliphatic hydroxyl groups is 2. The predicted molar refractivity (Wildman–Crippen MR) is 126 cm³/mol. The highest BCUT2D eigenvalue weighted by molar-refractivity contribution is 6.01. The number of aromatic nitrogens is 3. The summed E-state index contributed by atoms with van der Waals surface area (Å²) in [6.45, 7) is 1.18. The number of hydrogen-bond acceptors (Lipinski definition) is 5. The van der Waals surface area contributed by atoms with Crippen LogP contribution >= 0.6 is 0 Å². The second-order valence-corrected chi connectivity index (χ2v) is 8.13. The third-order valence-electron chi connectivity index (χ3n) is 5.84. The van der Waals surface area contributed by atoms with Gasteiger partial charge in [-0.1, -0.05) is 19.1 Å². The Hall–Kier alpha value is -3.95. The Morgan fingerprint density at radius 3 is 2.54 bits per heavy atom. The van der Waals surface area contributed by atoms with Crippen molar-refractivity contribution in [1.29, 1.82) is 0 Å². The molecule has 0 aliphatic heterocycles. The van der Waals surface area contributed by atoms with Crippen molar-refractivity contribution in [3.63, 3.8) is 0 Å². The number of H-pyrrole nitrogens is 1. The van der Waals surface area contributed by atoms with Crippen molar-refractivity contribution in [3.8, 4) is 22.5 Å². The summed E-state index contributed by atoms with van der Waals surface area (Å²) in [4.78, 5) is 17.6. The number of carbonyl (C=O) groups excluding carboxylic acids is 1. The molecule has 2 aromatic carbocycles. The van der Waals surface area contributed by atoms with Gasteiger partial charge >= 0.3 is 0 Å².